The fourth-order valence-electron chi connectivity index (χ4n) is 2.92. The minimum absolute atomic E-state index is 0.636. The lowest BCUT2D eigenvalue weighted by molar-refractivity contribution is 0.172. The molecule has 0 aliphatic carbocycles. The van der Waals surface area contributed by atoms with Crippen LogP contribution in [0.1, 0.15) is 10.6 Å². The van der Waals surface area contributed by atoms with E-state index < -0.39 is 0 Å². The third-order valence-electron chi connectivity index (χ3n) is 4.03. The number of thiophene rings is 1. The second-order valence-corrected chi connectivity index (χ2v) is 6.53. The monoisotopic (exact) mass is 329 g/mol. The Bertz CT molecular complexity index is 824. The van der Waals surface area contributed by atoms with Gasteiger partial charge in [-0.25, -0.2) is 0 Å². The van der Waals surface area contributed by atoms with Crippen LogP contribution in [0.4, 0.5) is 0 Å². The van der Waals surface area contributed by atoms with Gasteiger partial charge in [0.25, 0.3) is 0 Å². The van der Waals surface area contributed by atoms with Crippen molar-refractivity contribution in [3.8, 4) is 11.5 Å². The van der Waals surface area contributed by atoms with E-state index in [2.05, 4.69) is 28.6 Å². The first-order chi connectivity index (χ1) is 11.3. The standard InChI is InChI=1S/C17H19N3O2S/c1-20-14-5-3-2-4-12(14)13(19-20)6-7-18-10-16-17-15(11-23-16)21-8-9-22-17/h2-5,11,18H,6-10H2,1H3. The maximum absolute atomic E-state index is 5.70. The molecule has 0 unspecified atom stereocenters. The number of hydrogen-bond acceptors (Lipinski definition) is 5. The van der Waals surface area contributed by atoms with Gasteiger partial charge in [0.1, 0.15) is 13.2 Å². The molecule has 0 amide bonds. The summed E-state index contributed by atoms with van der Waals surface area (Å²) in [6.07, 6.45) is 0.909. The van der Waals surface area contributed by atoms with Crippen LogP contribution in [0.25, 0.3) is 10.9 Å². The number of aromatic nitrogens is 2. The van der Waals surface area contributed by atoms with Crippen molar-refractivity contribution in [3.05, 3.63) is 40.2 Å². The summed E-state index contributed by atoms with van der Waals surface area (Å²) >= 11 is 1.69. The summed E-state index contributed by atoms with van der Waals surface area (Å²) in [5.41, 5.74) is 2.32. The number of benzene rings is 1. The van der Waals surface area contributed by atoms with E-state index in [0.29, 0.717) is 13.2 Å². The third kappa shape index (κ3) is 2.80. The Morgan fingerprint density at radius 2 is 2.13 bits per heavy atom. The molecule has 0 fully saturated rings. The van der Waals surface area contributed by atoms with Gasteiger partial charge < -0.3 is 14.8 Å². The Morgan fingerprint density at radius 1 is 1.26 bits per heavy atom. The number of aryl methyl sites for hydroxylation is 1. The van der Waals surface area contributed by atoms with Gasteiger partial charge in [-0.05, 0) is 6.07 Å². The first-order valence-electron chi connectivity index (χ1n) is 7.80. The van der Waals surface area contributed by atoms with E-state index in [4.69, 9.17) is 9.47 Å². The molecule has 2 aromatic heterocycles. The van der Waals surface area contributed by atoms with E-state index in [9.17, 15) is 0 Å². The summed E-state index contributed by atoms with van der Waals surface area (Å²) in [5, 5.41) is 11.4. The average Bonchev–Trinajstić information content (AvgIpc) is 3.14. The summed E-state index contributed by atoms with van der Waals surface area (Å²) in [4.78, 5) is 1.20. The molecular weight excluding hydrogens is 310 g/mol. The van der Waals surface area contributed by atoms with Crippen molar-refractivity contribution in [3.63, 3.8) is 0 Å². The van der Waals surface area contributed by atoms with Gasteiger partial charge in [-0.15, -0.1) is 11.3 Å². The zero-order valence-electron chi connectivity index (χ0n) is 13.0. The van der Waals surface area contributed by atoms with E-state index >= 15 is 0 Å². The molecule has 3 heterocycles. The summed E-state index contributed by atoms with van der Waals surface area (Å²) in [7, 11) is 1.99. The largest absolute Gasteiger partial charge is 0.485 e. The van der Waals surface area contributed by atoms with Crippen molar-refractivity contribution >= 4 is 22.2 Å². The molecule has 23 heavy (non-hydrogen) atoms. The molecule has 1 aliphatic rings. The van der Waals surface area contributed by atoms with E-state index in [1.807, 2.05) is 23.2 Å². The Balaban J connectivity index is 1.38. The zero-order chi connectivity index (χ0) is 15.6. The Hall–Kier alpha value is -2.05. The molecular formula is C17H19N3O2S. The van der Waals surface area contributed by atoms with Gasteiger partial charge >= 0.3 is 0 Å². The van der Waals surface area contributed by atoms with Gasteiger partial charge in [-0.3, -0.25) is 4.68 Å². The van der Waals surface area contributed by atoms with Crippen molar-refractivity contribution < 1.29 is 9.47 Å². The molecule has 0 bridgehead atoms. The van der Waals surface area contributed by atoms with Crippen molar-refractivity contribution in [2.75, 3.05) is 19.8 Å². The van der Waals surface area contributed by atoms with E-state index in [-0.39, 0.29) is 0 Å². The highest BCUT2D eigenvalue weighted by atomic mass is 32.1. The van der Waals surface area contributed by atoms with Gasteiger partial charge in [-0.1, -0.05) is 18.2 Å². The number of para-hydroxylation sites is 1. The maximum atomic E-state index is 5.70. The van der Waals surface area contributed by atoms with Crippen molar-refractivity contribution in [1.82, 2.24) is 15.1 Å². The average molecular weight is 329 g/mol. The summed E-state index contributed by atoms with van der Waals surface area (Å²) in [6.45, 7) is 2.96. The molecule has 3 aromatic rings. The number of rotatable bonds is 5. The Kier molecular flexibility index (Phi) is 3.93. The molecule has 0 radical (unpaired) electrons. The highest BCUT2D eigenvalue weighted by Gasteiger charge is 2.18. The van der Waals surface area contributed by atoms with Gasteiger partial charge in [0.05, 0.1) is 16.1 Å². The first-order valence-corrected chi connectivity index (χ1v) is 8.68. The van der Waals surface area contributed by atoms with Crippen LogP contribution < -0.4 is 14.8 Å². The maximum Gasteiger partial charge on any atom is 0.176 e. The lowest BCUT2D eigenvalue weighted by Crippen LogP contribution is -2.19. The second kappa shape index (κ2) is 6.22. The minimum Gasteiger partial charge on any atom is -0.485 e. The molecule has 4 rings (SSSR count). The van der Waals surface area contributed by atoms with Gasteiger partial charge in [0.2, 0.25) is 0 Å². The SMILES string of the molecule is Cn1nc(CCNCc2scc3c2OCCO3)c2ccccc21. The van der Waals surface area contributed by atoms with Crippen LogP contribution in [-0.4, -0.2) is 29.5 Å². The van der Waals surface area contributed by atoms with E-state index in [1.165, 1.54) is 15.8 Å². The van der Waals surface area contributed by atoms with Crippen molar-refractivity contribution in [2.24, 2.45) is 7.05 Å². The van der Waals surface area contributed by atoms with Crippen molar-refractivity contribution in [1.29, 1.82) is 0 Å². The smallest absolute Gasteiger partial charge is 0.176 e. The predicted molar refractivity (Wildman–Crippen MR) is 91.4 cm³/mol. The third-order valence-corrected chi connectivity index (χ3v) is 4.98. The summed E-state index contributed by atoms with van der Waals surface area (Å²) < 4.78 is 13.2. The van der Waals surface area contributed by atoms with E-state index in [1.54, 1.807) is 11.3 Å². The van der Waals surface area contributed by atoms with Gasteiger partial charge in [0.15, 0.2) is 11.5 Å². The molecule has 1 N–H and O–H groups in total. The van der Waals surface area contributed by atoms with Gasteiger partial charge in [-0.2, -0.15) is 5.10 Å². The quantitative estimate of drug-likeness (QED) is 0.731. The topological polar surface area (TPSA) is 48.3 Å². The molecule has 6 heteroatoms. The molecule has 0 saturated heterocycles. The number of hydrogen-bond donors (Lipinski definition) is 1. The molecule has 0 saturated carbocycles. The second-order valence-electron chi connectivity index (χ2n) is 5.56. The first kappa shape index (κ1) is 14.5. The van der Waals surface area contributed by atoms with Crippen LogP contribution in [0.3, 0.4) is 0 Å². The van der Waals surface area contributed by atoms with E-state index in [0.717, 1.165) is 36.7 Å². The number of nitrogens with one attached hydrogen (secondary N) is 1. The predicted octanol–water partition coefficient (Wildman–Crippen LogP) is 2.74. The van der Waals surface area contributed by atoms with Crippen LogP contribution in [0, 0.1) is 0 Å². The highest BCUT2D eigenvalue weighted by molar-refractivity contribution is 7.10. The number of ether oxygens (including phenoxy) is 2. The Morgan fingerprint density at radius 3 is 3.09 bits per heavy atom. The lowest BCUT2D eigenvalue weighted by Gasteiger charge is -2.16. The van der Waals surface area contributed by atoms with Crippen LogP contribution in [0.2, 0.25) is 0 Å². The minimum atomic E-state index is 0.636. The highest BCUT2D eigenvalue weighted by Crippen LogP contribution is 2.39. The van der Waals surface area contributed by atoms with Crippen LogP contribution >= 0.6 is 11.3 Å². The van der Waals surface area contributed by atoms with Crippen LogP contribution in [0.15, 0.2) is 29.6 Å². The molecule has 5 nitrogen and oxygen atoms in total. The lowest BCUT2D eigenvalue weighted by atomic mass is 10.1. The fourth-order valence-corrected chi connectivity index (χ4v) is 3.80. The molecule has 1 aromatic carbocycles. The molecule has 0 atom stereocenters. The van der Waals surface area contributed by atoms with Crippen molar-refractivity contribution in [2.45, 2.75) is 13.0 Å². The fraction of sp³-hybridized carbons (Fsp3) is 0.353. The molecule has 0 spiro atoms. The Labute approximate surface area is 138 Å². The number of fused-ring (bicyclic) bond motifs is 2. The van der Waals surface area contributed by atoms with Crippen LogP contribution in [0.5, 0.6) is 11.5 Å². The van der Waals surface area contributed by atoms with Gasteiger partial charge in [0, 0.05) is 37.3 Å². The normalized spacial score (nSPS) is 13.6. The summed E-state index contributed by atoms with van der Waals surface area (Å²) in [5.74, 6) is 1.80. The molecule has 1 aliphatic heterocycles. The summed E-state index contributed by atoms with van der Waals surface area (Å²) in [6, 6.07) is 8.36. The molecule has 120 valence electrons. The van der Waals surface area contributed by atoms with Crippen LogP contribution in [-0.2, 0) is 20.0 Å². The number of nitrogens with zero attached hydrogens (tertiary/aromatic N) is 2. The zero-order valence-corrected chi connectivity index (χ0v) is 13.9.